The first kappa shape index (κ1) is 16.2. The highest BCUT2D eigenvalue weighted by Crippen LogP contribution is 2.29. The van der Waals surface area contributed by atoms with E-state index < -0.39 is 0 Å². The molecule has 0 aromatic heterocycles. The smallest absolute Gasteiger partial charge is 0.0406 e. The van der Waals surface area contributed by atoms with Gasteiger partial charge in [-0.3, -0.25) is 0 Å². The van der Waals surface area contributed by atoms with Gasteiger partial charge in [0.25, 0.3) is 0 Å². The summed E-state index contributed by atoms with van der Waals surface area (Å²) in [7, 11) is 0. The normalized spacial score (nSPS) is 18.7. The summed E-state index contributed by atoms with van der Waals surface area (Å²) < 4.78 is 0. The lowest BCUT2D eigenvalue weighted by Gasteiger charge is -2.26. The van der Waals surface area contributed by atoms with E-state index in [1.54, 1.807) is 0 Å². The number of hydrogen-bond acceptors (Lipinski definition) is 2. The molecule has 112 valence electrons. The monoisotopic (exact) mass is 311 g/mol. The van der Waals surface area contributed by atoms with E-state index in [1.807, 2.05) is 23.9 Å². The van der Waals surface area contributed by atoms with Crippen LogP contribution < -0.4 is 5.32 Å². The maximum Gasteiger partial charge on any atom is 0.0406 e. The molecule has 1 N–H and O–H groups in total. The molecule has 1 saturated carbocycles. The second kappa shape index (κ2) is 8.96. The molecule has 1 aliphatic carbocycles. The number of nitrogens with one attached hydrogen (secondary N) is 1. The average Bonchev–Trinajstić information content (AvgIpc) is 2.74. The minimum Gasteiger partial charge on any atom is -0.313 e. The zero-order chi connectivity index (χ0) is 14.2. The fraction of sp³-hybridized carbons (Fsp3) is 0.647. The van der Waals surface area contributed by atoms with E-state index in [0.29, 0.717) is 6.04 Å². The summed E-state index contributed by atoms with van der Waals surface area (Å²) in [5.41, 5.74) is 0. The molecule has 1 unspecified atom stereocenters. The Morgan fingerprint density at radius 1 is 1.15 bits per heavy atom. The van der Waals surface area contributed by atoms with Crippen molar-refractivity contribution in [2.75, 3.05) is 12.3 Å². The predicted molar refractivity (Wildman–Crippen MR) is 90.8 cm³/mol. The topological polar surface area (TPSA) is 12.0 Å². The van der Waals surface area contributed by atoms with Gasteiger partial charge in [-0.1, -0.05) is 44.2 Å². The molecule has 0 saturated heterocycles. The second-order valence-electron chi connectivity index (χ2n) is 5.68. The lowest BCUT2D eigenvalue weighted by Crippen LogP contribution is -2.38. The summed E-state index contributed by atoms with van der Waals surface area (Å²) in [5.74, 6) is 2.03. The third-order valence-corrected chi connectivity index (χ3v) is 5.56. The van der Waals surface area contributed by atoms with Crippen molar-refractivity contribution in [2.45, 2.75) is 56.4 Å². The quantitative estimate of drug-likeness (QED) is 0.559. The van der Waals surface area contributed by atoms with Crippen molar-refractivity contribution < 1.29 is 0 Å². The van der Waals surface area contributed by atoms with E-state index in [9.17, 15) is 0 Å². The van der Waals surface area contributed by atoms with Gasteiger partial charge in [0.05, 0.1) is 0 Å². The molecule has 1 nitrogen and oxygen atoms in total. The summed E-state index contributed by atoms with van der Waals surface area (Å²) in [5, 5.41) is 4.54. The largest absolute Gasteiger partial charge is 0.313 e. The van der Waals surface area contributed by atoms with Gasteiger partial charge in [-0.05, 0) is 49.6 Å². The van der Waals surface area contributed by atoms with Crippen molar-refractivity contribution in [1.29, 1.82) is 0 Å². The predicted octanol–water partition coefficient (Wildman–Crippen LogP) is 5.38. The standard InChI is InChI=1S/C17H26ClNS/c1-2-19-17(14-7-5-3-4-6-8-14)13-20-16-11-9-15(18)10-12-16/h9-12,14,17,19H,2-8,13H2,1H3. The molecule has 1 atom stereocenters. The van der Waals surface area contributed by atoms with Gasteiger partial charge in [-0.25, -0.2) is 0 Å². The van der Waals surface area contributed by atoms with Crippen LogP contribution in [-0.2, 0) is 0 Å². The first-order valence-corrected chi connectivity index (χ1v) is 9.27. The van der Waals surface area contributed by atoms with E-state index >= 15 is 0 Å². The minimum absolute atomic E-state index is 0.652. The molecule has 0 heterocycles. The highest BCUT2D eigenvalue weighted by atomic mass is 35.5. The maximum absolute atomic E-state index is 5.94. The Bertz CT molecular complexity index is 371. The van der Waals surface area contributed by atoms with Crippen molar-refractivity contribution >= 4 is 23.4 Å². The Morgan fingerprint density at radius 2 is 1.80 bits per heavy atom. The Kier molecular flexibility index (Phi) is 7.26. The van der Waals surface area contributed by atoms with Crippen LogP contribution in [0.3, 0.4) is 0 Å². The second-order valence-corrected chi connectivity index (χ2v) is 7.21. The lowest BCUT2D eigenvalue weighted by atomic mass is 9.93. The molecule has 1 aliphatic rings. The van der Waals surface area contributed by atoms with Gasteiger partial charge in [0.2, 0.25) is 0 Å². The van der Waals surface area contributed by atoms with Crippen molar-refractivity contribution in [2.24, 2.45) is 5.92 Å². The van der Waals surface area contributed by atoms with Gasteiger partial charge in [0, 0.05) is 21.7 Å². The van der Waals surface area contributed by atoms with Crippen LogP contribution in [0.2, 0.25) is 5.02 Å². The van der Waals surface area contributed by atoms with Crippen LogP contribution in [0.5, 0.6) is 0 Å². The average molecular weight is 312 g/mol. The van der Waals surface area contributed by atoms with Crippen LogP contribution in [-0.4, -0.2) is 18.3 Å². The fourth-order valence-electron chi connectivity index (χ4n) is 3.05. The van der Waals surface area contributed by atoms with Crippen LogP contribution >= 0.6 is 23.4 Å². The van der Waals surface area contributed by atoms with Crippen molar-refractivity contribution in [1.82, 2.24) is 5.32 Å². The molecule has 0 amide bonds. The van der Waals surface area contributed by atoms with Crippen molar-refractivity contribution in [3.05, 3.63) is 29.3 Å². The summed E-state index contributed by atoms with van der Waals surface area (Å²) >= 11 is 7.90. The Balaban J connectivity index is 1.89. The van der Waals surface area contributed by atoms with Crippen LogP contribution in [0, 0.1) is 5.92 Å². The Labute approximate surface area is 132 Å². The van der Waals surface area contributed by atoms with E-state index in [2.05, 4.69) is 24.4 Å². The molecule has 0 spiro atoms. The SMILES string of the molecule is CCNC(CSc1ccc(Cl)cc1)C1CCCCCC1. The third-order valence-electron chi connectivity index (χ3n) is 4.18. The molecular formula is C17H26ClNS. The number of hydrogen-bond donors (Lipinski definition) is 1. The minimum atomic E-state index is 0.652. The molecule has 3 heteroatoms. The highest BCUT2D eigenvalue weighted by molar-refractivity contribution is 7.99. The summed E-state index contributed by atoms with van der Waals surface area (Å²) in [6, 6.07) is 8.88. The first-order chi connectivity index (χ1) is 9.79. The number of rotatable bonds is 6. The van der Waals surface area contributed by atoms with Crippen LogP contribution in [0.15, 0.2) is 29.2 Å². The Hall–Kier alpha value is -0.180. The highest BCUT2D eigenvalue weighted by Gasteiger charge is 2.22. The van der Waals surface area contributed by atoms with Gasteiger partial charge in [-0.2, -0.15) is 0 Å². The van der Waals surface area contributed by atoms with Crippen LogP contribution in [0.1, 0.15) is 45.4 Å². The molecule has 20 heavy (non-hydrogen) atoms. The summed E-state index contributed by atoms with van der Waals surface area (Å²) in [4.78, 5) is 1.32. The number of halogens is 1. The van der Waals surface area contributed by atoms with E-state index in [-0.39, 0.29) is 0 Å². The van der Waals surface area contributed by atoms with E-state index in [0.717, 1.165) is 17.5 Å². The molecule has 1 fully saturated rings. The Morgan fingerprint density at radius 3 is 2.40 bits per heavy atom. The summed E-state index contributed by atoms with van der Waals surface area (Å²) in [6.45, 7) is 3.29. The van der Waals surface area contributed by atoms with Gasteiger partial charge >= 0.3 is 0 Å². The lowest BCUT2D eigenvalue weighted by molar-refractivity contribution is 0.347. The molecule has 0 radical (unpaired) electrons. The molecule has 1 aromatic rings. The zero-order valence-electron chi connectivity index (χ0n) is 12.4. The van der Waals surface area contributed by atoms with Gasteiger partial charge in [0.15, 0.2) is 0 Å². The molecule has 1 aromatic carbocycles. The molecular weight excluding hydrogens is 286 g/mol. The zero-order valence-corrected chi connectivity index (χ0v) is 14.0. The van der Waals surface area contributed by atoms with Crippen molar-refractivity contribution in [3.8, 4) is 0 Å². The molecule has 0 bridgehead atoms. The third kappa shape index (κ3) is 5.31. The van der Waals surface area contributed by atoms with Crippen molar-refractivity contribution in [3.63, 3.8) is 0 Å². The fourth-order valence-corrected chi connectivity index (χ4v) is 4.27. The number of benzene rings is 1. The van der Waals surface area contributed by atoms with Gasteiger partial charge in [-0.15, -0.1) is 11.8 Å². The summed E-state index contributed by atoms with van der Waals surface area (Å²) in [6.07, 6.45) is 8.49. The number of thioether (sulfide) groups is 1. The van der Waals surface area contributed by atoms with Gasteiger partial charge < -0.3 is 5.32 Å². The molecule has 2 rings (SSSR count). The van der Waals surface area contributed by atoms with Gasteiger partial charge in [0.1, 0.15) is 0 Å². The first-order valence-electron chi connectivity index (χ1n) is 7.91. The van der Waals surface area contributed by atoms with E-state index in [1.165, 1.54) is 49.2 Å². The molecule has 0 aliphatic heterocycles. The maximum atomic E-state index is 5.94. The van der Waals surface area contributed by atoms with Crippen LogP contribution in [0.25, 0.3) is 0 Å². The van der Waals surface area contributed by atoms with E-state index in [4.69, 9.17) is 11.6 Å². The van der Waals surface area contributed by atoms with Crippen LogP contribution in [0.4, 0.5) is 0 Å².